The Hall–Kier alpha value is -2.40. The highest BCUT2D eigenvalue weighted by molar-refractivity contribution is 7.78. The van der Waals surface area contributed by atoms with Crippen molar-refractivity contribution in [2.45, 2.75) is 25.4 Å². The van der Waals surface area contributed by atoms with Gasteiger partial charge in [-0.05, 0) is 48.0 Å². The van der Waals surface area contributed by atoms with Crippen LogP contribution in [0, 0.1) is 0 Å². The van der Waals surface area contributed by atoms with E-state index in [9.17, 15) is 9.90 Å². The average molecular weight is 327 g/mol. The van der Waals surface area contributed by atoms with Gasteiger partial charge in [0.2, 0.25) is 0 Å². The molecule has 0 saturated carbocycles. The summed E-state index contributed by atoms with van der Waals surface area (Å²) in [5, 5.41) is 15.3. The van der Waals surface area contributed by atoms with Gasteiger partial charge in [0.1, 0.15) is 5.54 Å². The van der Waals surface area contributed by atoms with E-state index in [0.717, 1.165) is 5.56 Å². The molecule has 1 atom stereocenters. The van der Waals surface area contributed by atoms with E-state index in [-0.39, 0.29) is 0 Å². The second-order valence-corrected chi connectivity index (χ2v) is 5.21. The normalized spacial score (nSPS) is 12.9. The topological polar surface area (TPSA) is 74.6 Å². The van der Waals surface area contributed by atoms with E-state index in [1.165, 1.54) is 0 Å². The minimum absolute atomic E-state index is 0.401. The fraction of sp³-hybridized carbons (Fsp3) is 0.235. The minimum Gasteiger partial charge on any atom is -0.480 e. The molecule has 2 rings (SSSR count). The van der Waals surface area contributed by atoms with Gasteiger partial charge < -0.3 is 5.11 Å². The first-order chi connectivity index (χ1) is 11.1. The predicted octanol–water partition coefficient (Wildman–Crippen LogP) is 3.30. The Kier molecular flexibility index (Phi) is 5.71. The van der Waals surface area contributed by atoms with E-state index in [0.29, 0.717) is 24.2 Å². The number of aromatic nitrogens is 1. The van der Waals surface area contributed by atoms with Gasteiger partial charge in [0.15, 0.2) is 0 Å². The number of nitrogens with one attached hydrogen (secondary N) is 1. The van der Waals surface area contributed by atoms with Crippen LogP contribution in [0.4, 0.5) is 5.69 Å². The summed E-state index contributed by atoms with van der Waals surface area (Å²) in [6, 6.07) is 10.7. The molecular weight excluding hydrogens is 310 g/mol. The minimum atomic E-state index is -1.17. The van der Waals surface area contributed by atoms with Crippen molar-refractivity contribution < 1.29 is 9.90 Å². The zero-order valence-corrected chi connectivity index (χ0v) is 13.5. The van der Waals surface area contributed by atoms with Crippen molar-refractivity contribution >= 4 is 29.0 Å². The Morgan fingerprint density at radius 1 is 1.39 bits per heavy atom. The molecule has 1 heterocycles. The molecule has 0 fully saturated rings. The van der Waals surface area contributed by atoms with Gasteiger partial charge in [0, 0.05) is 18.9 Å². The Bertz CT molecular complexity index is 712. The number of pyridine rings is 1. The number of hydrogen-bond donors (Lipinski definition) is 2. The molecule has 0 aliphatic carbocycles. The van der Waals surface area contributed by atoms with Gasteiger partial charge in [-0.2, -0.15) is 4.99 Å². The molecule has 118 valence electrons. The maximum Gasteiger partial charge on any atom is 0.328 e. The molecule has 0 radical (unpaired) electrons. The summed E-state index contributed by atoms with van der Waals surface area (Å²) in [7, 11) is 0. The summed E-state index contributed by atoms with van der Waals surface area (Å²) >= 11 is 4.57. The first-order valence-corrected chi connectivity index (χ1v) is 7.59. The first kappa shape index (κ1) is 17.0. The lowest BCUT2D eigenvalue weighted by molar-refractivity contribution is -0.145. The molecule has 0 amide bonds. The molecule has 1 aromatic carbocycles. The number of benzene rings is 1. The number of hydrogen-bond acceptors (Lipinski definition) is 5. The molecule has 0 aliphatic rings. The summed E-state index contributed by atoms with van der Waals surface area (Å²) in [4.78, 5) is 19.9. The van der Waals surface area contributed by atoms with Gasteiger partial charge in [0.05, 0.1) is 10.8 Å². The van der Waals surface area contributed by atoms with Crippen molar-refractivity contribution in [2.75, 3.05) is 0 Å². The highest BCUT2D eigenvalue weighted by Crippen LogP contribution is 2.28. The van der Waals surface area contributed by atoms with Gasteiger partial charge >= 0.3 is 5.97 Å². The standard InChI is InChI=1S/C17H17N3O2S/c1-2-17(16(21)22,20-11-13-4-3-9-18-10-13)14-5-7-15(8-6-14)19-12-23/h3-10,20H,2,11H2,1H3,(H,21,22). The third kappa shape index (κ3) is 3.87. The SMILES string of the molecule is CCC(NCc1cccnc1)(C(=O)O)c1ccc(N=C=S)cc1. The lowest BCUT2D eigenvalue weighted by Gasteiger charge is -2.30. The van der Waals surface area contributed by atoms with Gasteiger partial charge in [-0.3, -0.25) is 10.3 Å². The summed E-state index contributed by atoms with van der Waals surface area (Å²) in [6.45, 7) is 2.25. The lowest BCUT2D eigenvalue weighted by atomic mass is 9.86. The Morgan fingerprint density at radius 3 is 2.65 bits per heavy atom. The Morgan fingerprint density at radius 2 is 2.13 bits per heavy atom. The average Bonchev–Trinajstić information content (AvgIpc) is 2.58. The highest BCUT2D eigenvalue weighted by atomic mass is 32.1. The van der Waals surface area contributed by atoms with Crippen molar-refractivity contribution in [3.05, 3.63) is 59.9 Å². The molecule has 5 nitrogen and oxygen atoms in total. The quantitative estimate of drug-likeness (QED) is 0.603. The Balaban J connectivity index is 2.31. The molecule has 6 heteroatoms. The third-order valence-corrected chi connectivity index (χ3v) is 3.84. The number of nitrogens with zero attached hydrogens (tertiary/aromatic N) is 2. The van der Waals surface area contributed by atoms with Gasteiger partial charge in [-0.15, -0.1) is 0 Å². The molecular formula is C17H17N3O2S. The molecule has 2 aromatic rings. The maximum atomic E-state index is 12.0. The van der Waals surface area contributed by atoms with E-state index < -0.39 is 11.5 Å². The van der Waals surface area contributed by atoms with Gasteiger partial charge in [0.25, 0.3) is 0 Å². The zero-order chi connectivity index (χ0) is 16.7. The zero-order valence-electron chi connectivity index (χ0n) is 12.7. The van der Waals surface area contributed by atoms with Crippen molar-refractivity contribution in [1.82, 2.24) is 10.3 Å². The van der Waals surface area contributed by atoms with Crippen LogP contribution < -0.4 is 5.32 Å². The van der Waals surface area contributed by atoms with Crippen LogP contribution in [0.25, 0.3) is 0 Å². The van der Waals surface area contributed by atoms with Crippen molar-refractivity contribution in [3.63, 3.8) is 0 Å². The number of isothiocyanates is 1. The number of carboxylic acid groups (broad SMARTS) is 1. The van der Waals surface area contributed by atoms with Gasteiger partial charge in [-0.1, -0.05) is 25.1 Å². The molecule has 0 saturated heterocycles. The van der Waals surface area contributed by atoms with Crippen LogP contribution in [0.2, 0.25) is 0 Å². The van der Waals surface area contributed by atoms with Gasteiger partial charge in [-0.25, -0.2) is 4.79 Å². The molecule has 0 aliphatic heterocycles. The number of carboxylic acids is 1. The van der Waals surface area contributed by atoms with E-state index in [2.05, 4.69) is 32.7 Å². The van der Waals surface area contributed by atoms with Crippen LogP contribution in [0.15, 0.2) is 53.8 Å². The Labute approximate surface area is 140 Å². The van der Waals surface area contributed by atoms with E-state index >= 15 is 0 Å². The maximum absolute atomic E-state index is 12.0. The smallest absolute Gasteiger partial charge is 0.328 e. The number of aliphatic carboxylic acids is 1. The van der Waals surface area contributed by atoms with Crippen molar-refractivity contribution in [2.24, 2.45) is 4.99 Å². The number of carbonyl (C=O) groups is 1. The molecule has 1 unspecified atom stereocenters. The second kappa shape index (κ2) is 7.74. The van der Waals surface area contributed by atoms with E-state index in [4.69, 9.17) is 0 Å². The number of thiocarbonyl (C=S) groups is 1. The highest BCUT2D eigenvalue weighted by Gasteiger charge is 2.38. The number of rotatable bonds is 7. The van der Waals surface area contributed by atoms with E-state index in [1.54, 1.807) is 36.7 Å². The third-order valence-electron chi connectivity index (χ3n) is 3.75. The summed E-state index contributed by atoms with van der Waals surface area (Å²) < 4.78 is 0. The van der Waals surface area contributed by atoms with Crippen LogP contribution in [-0.2, 0) is 16.9 Å². The van der Waals surface area contributed by atoms with Crippen LogP contribution in [0.3, 0.4) is 0 Å². The van der Waals surface area contributed by atoms with Crippen molar-refractivity contribution in [1.29, 1.82) is 0 Å². The van der Waals surface area contributed by atoms with Crippen molar-refractivity contribution in [3.8, 4) is 0 Å². The summed E-state index contributed by atoms with van der Waals surface area (Å²) in [6.07, 6.45) is 3.80. The molecule has 0 bridgehead atoms. The fourth-order valence-electron chi connectivity index (χ4n) is 2.41. The largest absolute Gasteiger partial charge is 0.480 e. The lowest BCUT2D eigenvalue weighted by Crippen LogP contribution is -2.48. The molecule has 23 heavy (non-hydrogen) atoms. The monoisotopic (exact) mass is 327 g/mol. The molecule has 2 N–H and O–H groups in total. The summed E-state index contributed by atoms with van der Waals surface area (Å²) in [5.41, 5.74) is 1.06. The second-order valence-electron chi connectivity index (χ2n) is 5.03. The van der Waals surface area contributed by atoms with E-state index in [1.807, 2.05) is 19.1 Å². The van der Waals surface area contributed by atoms with Crippen LogP contribution in [0.1, 0.15) is 24.5 Å². The predicted molar refractivity (Wildman–Crippen MR) is 91.8 cm³/mol. The van der Waals surface area contributed by atoms with Crippen LogP contribution >= 0.6 is 12.2 Å². The molecule has 1 aromatic heterocycles. The first-order valence-electron chi connectivity index (χ1n) is 7.18. The molecule has 0 spiro atoms. The van der Waals surface area contributed by atoms with Crippen LogP contribution in [-0.4, -0.2) is 21.2 Å². The number of aliphatic imine (C=N–C) groups is 1. The van der Waals surface area contributed by atoms with Crippen LogP contribution in [0.5, 0.6) is 0 Å². The summed E-state index contributed by atoms with van der Waals surface area (Å²) in [5.74, 6) is -0.921. The fourth-order valence-corrected chi connectivity index (χ4v) is 2.52.